The minimum atomic E-state index is -3.29. The number of alkyl halides is 2. The number of fused-ring (bicyclic) bond motifs is 1. The summed E-state index contributed by atoms with van der Waals surface area (Å²) >= 11 is 0. The standard InChI is InChI=1S/C14H8F2N4O6/c15-14(16)26-8-2-1-5(20(24)25)3-7(8)19-9(21)4-6-10(11(19)17)13(23)18-12(6)22/h1-4,14H,17H2,(H,18,22,23). The van der Waals surface area contributed by atoms with Crippen molar-refractivity contribution >= 4 is 23.3 Å². The van der Waals surface area contributed by atoms with Gasteiger partial charge in [-0.15, -0.1) is 0 Å². The normalized spacial score (nSPS) is 12.9. The summed E-state index contributed by atoms with van der Waals surface area (Å²) in [5, 5.41) is 12.9. The fourth-order valence-corrected chi connectivity index (χ4v) is 2.52. The number of benzene rings is 1. The molecule has 0 saturated heterocycles. The average molecular weight is 366 g/mol. The number of nitro benzene ring substituents is 1. The maximum absolute atomic E-state index is 12.6. The van der Waals surface area contributed by atoms with Crippen LogP contribution in [0.15, 0.2) is 29.1 Å². The minimum absolute atomic E-state index is 0.282. The van der Waals surface area contributed by atoms with E-state index in [-0.39, 0.29) is 11.1 Å². The molecule has 0 unspecified atom stereocenters. The number of nitrogen functional groups attached to an aromatic ring is 1. The number of carbonyl (C=O) groups excluding carboxylic acids is 2. The number of aromatic nitrogens is 1. The highest BCUT2D eigenvalue weighted by Crippen LogP contribution is 2.31. The van der Waals surface area contributed by atoms with E-state index in [9.17, 15) is 33.3 Å². The Balaban J connectivity index is 2.33. The number of hydrogen-bond acceptors (Lipinski definition) is 7. The van der Waals surface area contributed by atoms with Crippen LogP contribution in [0.1, 0.15) is 20.7 Å². The Morgan fingerprint density at radius 3 is 2.50 bits per heavy atom. The predicted molar refractivity (Wildman–Crippen MR) is 81.5 cm³/mol. The van der Waals surface area contributed by atoms with E-state index in [0.717, 1.165) is 24.3 Å². The summed E-state index contributed by atoms with van der Waals surface area (Å²) in [6.45, 7) is -3.29. The van der Waals surface area contributed by atoms with Gasteiger partial charge < -0.3 is 10.5 Å². The third kappa shape index (κ3) is 2.62. The highest BCUT2D eigenvalue weighted by atomic mass is 19.3. The van der Waals surface area contributed by atoms with Crippen molar-refractivity contribution in [3.8, 4) is 11.4 Å². The molecule has 3 N–H and O–H groups in total. The van der Waals surface area contributed by atoms with Crippen LogP contribution in [0.3, 0.4) is 0 Å². The SMILES string of the molecule is Nc1c2c(cc(=O)n1-c1cc([N+](=O)[O-])ccc1OC(F)F)C(=O)NC2=O. The lowest BCUT2D eigenvalue weighted by Crippen LogP contribution is -2.25. The summed E-state index contributed by atoms with van der Waals surface area (Å²) in [5.41, 5.74) is 3.18. The molecule has 10 nitrogen and oxygen atoms in total. The third-order valence-electron chi connectivity index (χ3n) is 3.56. The second kappa shape index (κ2) is 5.91. The number of nitro groups is 1. The number of carbonyl (C=O) groups is 2. The molecule has 0 saturated carbocycles. The van der Waals surface area contributed by atoms with Gasteiger partial charge in [0.15, 0.2) is 5.75 Å². The number of ether oxygens (including phenoxy) is 1. The summed E-state index contributed by atoms with van der Waals surface area (Å²) in [5.74, 6) is -2.86. The molecule has 0 aliphatic carbocycles. The van der Waals surface area contributed by atoms with Gasteiger partial charge in [-0.25, -0.2) is 0 Å². The average Bonchev–Trinajstić information content (AvgIpc) is 2.82. The number of imide groups is 1. The number of anilines is 1. The van der Waals surface area contributed by atoms with Gasteiger partial charge in [0.05, 0.1) is 21.7 Å². The molecule has 26 heavy (non-hydrogen) atoms. The molecule has 0 bridgehead atoms. The lowest BCUT2D eigenvalue weighted by Gasteiger charge is -2.15. The number of nitrogens with two attached hydrogens (primary N) is 1. The van der Waals surface area contributed by atoms with Gasteiger partial charge in [0.2, 0.25) is 0 Å². The van der Waals surface area contributed by atoms with Gasteiger partial charge in [-0.05, 0) is 6.07 Å². The molecule has 1 aromatic carbocycles. The maximum Gasteiger partial charge on any atom is 0.387 e. The van der Waals surface area contributed by atoms with Gasteiger partial charge in [0, 0.05) is 18.2 Å². The minimum Gasteiger partial charge on any atom is -0.433 e. The molecule has 0 fully saturated rings. The Bertz CT molecular complexity index is 1030. The molecule has 1 aliphatic heterocycles. The molecular formula is C14H8F2N4O6. The first-order valence-corrected chi connectivity index (χ1v) is 6.85. The zero-order valence-corrected chi connectivity index (χ0v) is 12.6. The molecule has 0 atom stereocenters. The Morgan fingerprint density at radius 2 is 1.88 bits per heavy atom. The van der Waals surface area contributed by atoms with E-state index in [1.54, 1.807) is 0 Å². The summed E-state index contributed by atoms with van der Waals surface area (Å²) in [7, 11) is 0. The quantitative estimate of drug-likeness (QED) is 0.462. The lowest BCUT2D eigenvalue weighted by molar-refractivity contribution is -0.384. The monoisotopic (exact) mass is 366 g/mol. The van der Waals surface area contributed by atoms with Crippen LogP contribution in [0.25, 0.3) is 5.69 Å². The Hall–Kier alpha value is -3.83. The molecule has 2 aromatic rings. The number of halogens is 2. The fraction of sp³-hybridized carbons (Fsp3) is 0.0714. The molecule has 2 heterocycles. The second-order valence-electron chi connectivity index (χ2n) is 5.06. The molecule has 134 valence electrons. The van der Waals surface area contributed by atoms with E-state index in [1.165, 1.54) is 0 Å². The van der Waals surface area contributed by atoms with E-state index >= 15 is 0 Å². The molecule has 1 aliphatic rings. The van der Waals surface area contributed by atoms with Crippen LogP contribution in [-0.4, -0.2) is 27.9 Å². The van der Waals surface area contributed by atoms with E-state index < -0.39 is 51.9 Å². The molecule has 1 aromatic heterocycles. The van der Waals surface area contributed by atoms with Crippen LogP contribution in [0.4, 0.5) is 20.3 Å². The van der Waals surface area contributed by atoms with Crippen molar-refractivity contribution in [2.45, 2.75) is 6.61 Å². The summed E-state index contributed by atoms with van der Waals surface area (Å²) < 4.78 is 30.1. The van der Waals surface area contributed by atoms with Crippen LogP contribution < -0.4 is 21.3 Å². The highest BCUT2D eigenvalue weighted by Gasteiger charge is 2.32. The van der Waals surface area contributed by atoms with Crippen molar-refractivity contribution in [1.29, 1.82) is 0 Å². The number of pyridine rings is 1. The summed E-state index contributed by atoms with van der Waals surface area (Å²) in [4.78, 5) is 46.0. The van der Waals surface area contributed by atoms with E-state index in [2.05, 4.69) is 4.74 Å². The number of non-ortho nitro benzene ring substituents is 1. The number of hydrogen-bond donors (Lipinski definition) is 2. The number of nitrogens with one attached hydrogen (secondary N) is 1. The predicted octanol–water partition coefficient (Wildman–Crippen LogP) is 0.813. The first-order chi connectivity index (χ1) is 12.2. The van der Waals surface area contributed by atoms with Gasteiger partial charge in [0.1, 0.15) is 5.82 Å². The van der Waals surface area contributed by atoms with Crippen LogP contribution in [-0.2, 0) is 0 Å². The van der Waals surface area contributed by atoms with Crippen LogP contribution in [0.5, 0.6) is 5.75 Å². The van der Waals surface area contributed by atoms with E-state index in [0.29, 0.717) is 4.57 Å². The maximum atomic E-state index is 12.6. The second-order valence-corrected chi connectivity index (χ2v) is 5.06. The van der Waals surface area contributed by atoms with Crippen molar-refractivity contribution < 1.29 is 28.0 Å². The van der Waals surface area contributed by atoms with Gasteiger partial charge in [-0.3, -0.25) is 34.4 Å². The topological polar surface area (TPSA) is 147 Å². The lowest BCUT2D eigenvalue weighted by atomic mass is 10.1. The zero-order valence-electron chi connectivity index (χ0n) is 12.6. The van der Waals surface area contributed by atoms with E-state index in [4.69, 9.17) is 5.73 Å². The van der Waals surface area contributed by atoms with Crippen LogP contribution in [0, 0.1) is 10.1 Å². The van der Waals surface area contributed by atoms with Crippen molar-refractivity contribution in [3.63, 3.8) is 0 Å². The highest BCUT2D eigenvalue weighted by molar-refractivity contribution is 6.23. The third-order valence-corrected chi connectivity index (χ3v) is 3.56. The molecule has 3 rings (SSSR count). The van der Waals surface area contributed by atoms with Crippen molar-refractivity contribution in [3.05, 3.63) is 55.9 Å². The molecule has 0 radical (unpaired) electrons. The van der Waals surface area contributed by atoms with Gasteiger partial charge >= 0.3 is 6.61 Å². The first kappa shape index (κ1) is 17.0. The molecule has 0 spiro atoms. The zero-order chi connectivity index (χ0) is 19.2. The number of amides is 2. The van der Waals surface area contributed by atoms with Crippen molar-refractivity contribution in [2.24, 2.45) is 0 Å². The van der Waals surface area contributed by atoms with Crippen LogP contribution in [0.2, 0.25) is 0 Å². The molecule has 12 heteroatoms. The molecular weight excluding hydrogens is 358 g/mol. The Labute approximate surface area is 141 Å². The largest absolute Gasteiger partial charge is 0.433 e. The summed E-state index contributed by atoms with van der Waals surface area (Å²) in [6.07, 6.45) is 0. The first-order valence-electron chi connectivity index (χ1n) is 6.85. The van der Waals surface area contributed by atoms with Crippen molar-refractivity contribution in [1.82, 2.24) is 9.88 Å². The molecule has 2 amide bonds. The van der Waals surface area contributed by atoms with Crippen molar-refractivity contribution in [2.75, 3.05) is 5.73 Å². The Kier molecular flexibility index (Phi) is 3.87. The fourth-order valence-electron chi connectivity index (χ4n) is 2.52. The van der Waals surface area contributed by atoms with Crippen LogP contribution >= 0.6 is 0 Å². The number of rotatable bonds is 4. The van der Waals surface area contributed by atoms with Gasteiger partial charge in [-0.2, -0.15) is 8.78 Å². The smallest absolute Gasteiger partial charge is 0.387 e. The number of nitrogens with zero attached hydrogens (tertiary/aromatic N) is 2. The van der Waals surface area contributed by atoms with Gasteiger partial charge in [0.25, 0.3) is 23.1 Å². The van der Waals surface area contributed by atoms with Gasteiger partial charge in [-0.1, -0.05) is 0 Å². The van der Waals surface area contributed by atoms with E-state index in [1.807, 2.05) is 5.32 Å². The summed E-state index contributed by atoms with van der Waals surface area (Å²) in [6, 6.07) is 3.32. The Morgan fingerprint density at radius 1 is 1.19 bits per heavy atom.